The third-order valence-electron chi connectivity index (χ3n) is 2.73. The van der Waals surface area contributed by atoms with E-state index in [2.05, 4.69) is 15.3 Å². The van der Waals surface area contributed by atoms with Crippen LogP contribution in [0.3, 0.4) is 0 Å². The van der Waals surface area contributed by atoms with Gasteiger partial charge in [-0.3, -0.25) is 0 Å². The highest BCUT2D eigenvalue weighted by atomic mass is 35.5. The van der Waals surface area contributed by atoms with E-state index in [1.807, 2.05) is 6.92 Å². The summed E-state index contributed by atoms with van der Waals surface area (Å²) in [4.78, 5) is 7.98. The standard InChI is InChI=1S/C10H14ClN3O2S/c1-7-4-9(14-10(11)13-7)12-5-8-2-3-17(15,16)6-8/h4,8H,2-3,5-6H2,1H3,(H,12,13,14). The molecule has 0 radical (unpaired) electrons. The van der Waals surface area contributed by atoms with Crippen molar-refractivity contribution in [2.24, 2.45) is 5.92 Å². The Morgan fingerprint density at radius 2 is 2.29 bits per heavy atom. The molecule has 0 spiro atoms. The predicted octanol–water partition coefficient (Wildman–Crippen LogP) is 1.29. The lowest BCUT2D eigenvalue weighted by atomic mass is 10.1. The van der Waals surface area contributed by atoms with Gasteiger partial charge in [0.1, 0.15) is 5.82 Å². The molecule has 0 amide bonds. The Kier molecular flexibility index (Phi) is 3.53. The van der Waals surface area contributed by atoms with Crippen molar-refractivity contribution in [1.29, 1.82) is 0 Å². The topological polar surface area (TPSA) is 72.0 Å². The maximum absolute atomic E-state index is 11.3. The highest BCUT2D eigenvalue weighted by Gasteiger charge is 2.27. The summed E-state index contributed by atoms with van der Waals surface area (Å²) >= 11 is 5.73. The molecule has 1 aliphatic heterocycles. The molecule has 1 aromatic heterocycles. The van der Waals surface area contributed by atoms with Gasteiger partial charge in [0.15, 0.2) is 9.84 Å². The lowest BCUT2D eigenvalue weighted by Crippen LogP contribution is -2.16. The first kappa shape index (κ1) is 12.6. The van der Waals surface area contributed by atoms with Gasteiger partial charge in [-0.1, -0.05) is 0 Å². The molecule has 0 aromatic carbocycles. The van der Waals surface area contributed by atoms with E-state index in [0.29, 0.717) is 24.5 Å². The van der Waals surface area contributed by atoms with Crippen LogP contribution in [-0.2, 0) is 9.84 Å². The van der Waals surface area contributed by atoms with E-state index < -0.39 is 9.84 Å². The van der Waals surface area contributed by atoms with Gasteiger partial charge >= 0.3 is 0 Å². The Morgan fingerprint density at radius 3 is 2.88 bits per heavy atom. The summed E-state index contributed by atoms with van der Waals surface area (Å²) in [6.07, 6.45) is 0.715. The molecule has 0 saturated carbocycles. The average molecular weight is 276 g/mol. The summed E-state index contributed by atoms with van der Waals surface area (Å²) in [5.41, 5.74) is 0.784. The van der Waals surface area contributed by atoms with Crippen LogP contribution in [0.4, 0.5) is 5.82 Å². The van der Waals surface area contributed by atoms with Crippen LogP contribution in [-0.4, -0.2) is 36.4 Å². The van der Waals surface area contributed by atoms with Gasteiger partial charge in [-0.05, 0) is 30.9 Å². The molecule has 1 aliphatic rings. The maximum Gasteiger partial charge on any atom is 0.224 e. The molecule has 7 heteroatoms. The second-order valence-corrected chi connectivity index (χ2v) is 6.88. The quantitative estimate of drug-likeness (QED) is 0.842. The zero-order valence-corrected chi connectivity index (χ0v) is 11.1. The number of rotatable bonds is 3. The third-order valence-corrected chi connectivity index (χ3v) is 4.73. The fraction of sp³-hybridized carbons (Fsp3) is 0.600. The van der Waals surface area contributed by atoms with Gasteiger partial charge in [0.25, 0.3) is 0 Å². The van der Waals surface area contributed by atoms with Crippen LogP contribution in [0, 0.1) is 12.8 Å². The molecule has 0 aliphatic carbocycles. The highest BCUT2D eigenvalue weighted by Crippen LogP contribution is 2.19. The van der Waals surface area contributed by atoms with E-state index in [9.17, 15) is 8.42 Å². The Labute approximate surface area is 106 Å². The summed E-state index contributed by atoms with van der Waals surface area (Å²) in [6.45, 7) is 2.44. The number of hydrogen-bond acceptors (Lipinski definition) is 5. The van der Waals surface area contributed by atoms with E-state index in [1.54, 1.807) is 6.07 Å². The van der Waals surface area contributed by atoms with E-state index in [4.69, 9.17) is 11.6 Å². The molecule has 1 aromatic rings. The van der Waals surface area contributed by atoms with E-state index in [1.165, 1.54) is 0 Å². The van der Waals surface area contributed by atoms with Gasteiger partial charge in [0.05, 0.1) is 11.5 Å². The molecule has 94 valence electrons. The Bertz CT molecular complexity index is 498. The minimum atomic E-state index is -2.81. The fourth-order valence-corrected chi connectivity index (χ4v) is 3.99. The molecule has 2 rings (SSSR count). The number of nitrogens with zero attached hydrogens (tertiary/aromatic N) is 2. The number of halogens is 1. The van der Waals surface area contributed by atoms with Crippen LogP contribution in [0.15, 0.2) is 6.07 Å². The largest absolute Gasteiger partial charge is 0.370 e. The number of nitrogens with one attached hydrogen (secondary N) is 1. The van der Waals surface area contributed by atoms with E-state index in [-0.39, 0.29) is 17.0 Å². The average Bonchev–Trinajstić information content (AvgIpc) is 2.54. The molecule has 2 heterocycles. The van der Waals surface area contributed by atoms with Crippen molar-refractivity contribution >= 4 is 27.3 Å². The van der Waals surface area contributed by atoms with Crippen LogP contribution >= 0.6 is 11.6 Å². The summed E-state index contributed by atoms with van der Waals surface area (Å²) in [5.74, 6) is 1.36. The van der Waals surface area contributed by atoms with Gasteiger partial charge < -0.3 is 5.32 Å². The number of aromatic nitrogens is 2. The number of aryl methyl sites for hydroxylation is 1. The minimum Gasteiger partial charge on any atom is -0.370 e. The normalized spacial score (nSPS) is 22.6. The van der Waals surface area contributed by atoms with Gasteiger partial charge in [-0.25, -0.2) is 18.4 Å². The van der Waals surface area contributed by atoms with Crippen LogP contribution in [0.1, 0.15) is 12.1 Å². The van der Waals surface area contributed by atoms with Gasteiger partial charge in [0, 0.05) is 18.3 Å². The van der Waals surface area contributed by atoms with Crippen molar-refractivity contribution in [3.63, 3.8) is 0 Å². The second kappa shape index (κ2) is 4.78. The summed E-state index contributed by atoms with van der Waals surface area (Å²) in [6, 6.07) is 1.79. The highest BCUT2D eigenvalue weighted by molar-refractivity contribution is 7.91. The molecule has 1 unspecified atom stereocenters. The molecule has 1 saturated heterocycles. The minimum absolute atomic E-state index is 0.161. The molecular formula is C10H14ClN3O2S. The molecule has 0 bridgehead atoms. The van der Waals surface area contributed by atoms with Crippen molar-refractivity contribution in [2.45, 2.75) is 13.3 Å². The number of sulfone groups is 1. The molecular weight excluding hydrogens is 262 g/mol. The van der Waals surface area contributed by atoms with Crippen LogP contribution < -0.4 is 5.32 Å². The second-order valence-electron chi connectivity index (χ2n) is 4.31. The van der Waals surface area contributed by atoms with Crippen LogP contribution in [0.5, 0.6) is 0 Å². The maximum atomic E-state index is 11.3. The van der Waals surface area contributed by atoms with Crippen molar-refractivity contribution in [3.05, 3.63) is 17.0 Å². The molecule has 1 atom stereocenters. The van der Waals surface area contributed by atoms with Crippen LogP contribution in [0.2, 0.25) is 5.28 Å². The van der Waals surface area contributed by atoms with Gasteiger partial charge in [-0.2, -0.15) is 0 Å². The first-order valence-corrected chi connectivity index (χ1v) is 7.60. The molecule has 5 nitrogen and oxygen atoms in total. The molecule has 17 heavy (non-hydrogen) atoms. The Balaban J connectivity index is 1.94. The molecule has 1 fully saturated rings. The van der Waals surface area contributed by atoms with Crippen LogP contribution in [0.25, 0.3) is 0 Å². The first-order valence-electron chi connectivity index (χ1n) is 5.40. The Hall–Kier alpha value is -0.880. The summed E-state index contributed by atoms with van der Waals surface area (Å²) in [5, 5.41) is 3.31. The van der Waals surface area contributed by atoms with Crippen molar-refractivity contribution in [2.75, 3.05) is 23.4 Å². The lowest BCUT2D eigenvalue weighted by molar-refractivity contribution is 0.595. The smallest absolute Gasteiger partial charge is 0.224 e. The van der Waals surface area contributed by atoms with E-state index >= 15 is 0 Å². The first-order chi connectivity index (χ1) is 7.94. The van der Waals surface area contributed by atoms with Crippen molar-refractivity contribution < 1.29 is 8.42 Å². The van der Waals surface area contributed by atoms with Crippen molar-refractivity contribution in [3.8, 4) is 0 Å². The lowest BCUT2D eigenvalue weighted by Gasteiger charge is -2.10. The zero-order valence-electron chi connectivity index (χ0n) is 9.48. The fourth-order valence-electron chi connectivity index (χ4n) is 1.90. The van der Waals surface area contributed by atoms with Crippen molar-refractivity contribution in [1.82, 2.24) is 9.97 Å². The third kappa shape index (κ3) is 3.54. The predicted molar refractivity (Wildman–Crippen MR) is 67.0 cm³/mol. The summed E-state index contributed by atoms with van der Waals surface area (Å²) in [7, 11) is -2.81. The zero-order chi connectivity index (χ0) is 12.5. The Morgan fingerprint density at radius 1 is 1.53 bits per heavy atom. The molecule has 1 N–H and O–H groups in total. The monoisotopic (exact) mass is 275 g/mol. The van der Waals surface area contributed by atoms with E-state index in [0.717, 1.165) is 5.69 Å². The van der Waals surface area contributed by atoms with Gasteiger partial charge in [0.2, 0.25) is 5.28 Å². The number of anilines is 1. The SMILES string of the molecule is Cc1cc(NCC2CCS(=O)(=O)C2)nc(Cl)n1. The number of hydrogen-bond donors (Lipinski definition) is 1. The van der Waals surface area contributed by atoms with Gasteiger partial charge in [-0.15, -0.1) is 0 Å². The summed E-state index contributed by atoms with van der Waals surface area (Å²) < 4.78 is 22.6.